The van der Waals surface area contributed by atoms with Crippen molar-refractivity contribution in [1.82, 2.24) is 10.3 Å². The van der Waals surface area contributed by atoms with Crippen LogP contribution in [0.15, 0.2) is 30.5 Å². The van der Waals surface area contributed by atoms with Crippen LogP contribution < -0.4 is 5.32 Å². The van der Waals surface area contributed by atoms with Crippen molar-refractivity contribution in [3.05, 3.63) is 50.9 Å². The topological polar surface area (TPSA) is 62.2 Å². The summed E-state index contributed by atoms with van der Waals surface area (Å²) in [6, 6.07) is 7.02. The highest BCUT2D eigenvalue weighted by Gasteiger charge is 2.11. The summed E-state index contributed by atoms with van der Waals surface area (Å²) >= 11 is 7.24. The predicted molar refractivity (Wildman–Crippen MR) is 78.7 cm³/mol. The maximum absolute atomic E-state index is 12.1. The fourth-order valence-corrected chi connectivity index (χ4v) is 2.55. The second-order valence-corrected chi connectivity index (χ2v) is 5.55. The first kappa shape index (κ1) is 14.5. The first-order valence-electron chi connectivity index (χ1n) is 5.78. The molecule has 0 bridgehead atoms. The van der Waals surface area contributed by atoms with Crippen LogP contribution in [-0.4, -0.2) is 22.6 Å². The van der Waals surface area contributed by atoms with Crippen molar-refractivity contribution in [3.63, 3.8) is 0 Å². The number of nitrogens with zero attached hydrogens (tertiary/aromatic N) is 1. The molecule has 0 aliphatic rings. The number of thiophene rings is 1. The van der Waals surface area contributed by atoms with E-state index in [1.165, 1.54) is 17.5 Å². The van der Waals surface area contributed by atoms with Crippen LogP contribution in [0.1, 0.15) is 20.9 Å². The monoisotopic (exact) mass is 306 g/mol. The number of aliphatic hydroxyl groups excluding tert-OH is 1. The Bertz CT molecular complexity index is 673. The van der Waals surface area contributed by atoms with Gasteiger partial charge in [-0.05, 0) is 24.3 Å². The van der Waals surface area contributed by atoms with Gasteiger partial charge in [-0.15, -0.1) is 11.3 Å². The smallest absolute Gasteiger partial charge is 0.271 e. The molecular formula is C14H11ClN2O2S. The SMILES string of the molecule is O=C(NCc1ccc(Cl)s1)c1ncccc1C#CCO. The molecule has 2 aromatic rings. The van der Waals surface area contributed by atoms with Crippen LogP contribution in [0.25, 0.3) is 0 Å². The van der Waals surface area contributed by atoms with Gasteiger partial charge in [-0.3, -0.25) is 4.79 Å². The Balaban J connectivity index is 2.09. The zero-order valence-electron chi connectivity index (χ0n) is 10.4. The van der Waals surface area contributed by atoms with Crippen LogP contribution in [0.5, 0.6) is 0 Å². The Morgan fingerprint density at radius 3 is 3.00 bits per heavy atom. The standard InChI is InChI=1S/C14H11ClN2O2S/c15-12-6-5-11(20-12)9-17-14(19)13-10(4-2-8-18)3-1-7-16-13/h1,3,5-7,18H,8-9H2,(H,17,19). The molecule has 0 fully saturated rings. The predicted octanol–water partition coefficient (Wildman–Crippen LogP) is 2.07. The highest BCUT2D eigenvalue weighted by Crippen LogP contribution is 2.21. The molecule has 0 saturated heterocycles. The second-order valence-electron chi connectivity index (χ2n) is 3.75. The summed E-state index contributed by atoms with van der Waals surface area (Å²) in [5.41, 5.74) is 0.736. The molecule has 2 heterocycles. The Morgan fingerprint density at radius 2 is 2.30 bits per heavy atom. The first-order valence-corrected chi connectivity index (χ1v) is 6.97. The zero-order valence-corrected chi connectivity index (χ0v) is 12.0. The van der Waals surface area contributed by atoms with E-state index in [0.29, 0.717) is 16.4 Å². The molecule has 1 amide bonds. The second kappa shape index (κ2) is 7.06. The summed E-state index contributed by atoms with van der Waals surface area (Å²) in [5.74, 6) is 4.90. The van der Waals surface area contributed by atoms with Gasteiger partial charge in [0.25, 0.3) is 5.91 Å². The molecule has 0 aliphatic heterocycles. The highest BCUT2D eigenvalue weighted by molar-refractivity contribution is 7.16. The summed E-state index contributed by atoms with van der Waals surface area (Å²) in [6.45, 7) is 0.128. The van der Waals surface area contributed by atoms with Crippen LogP contribution in [0, 0.1) is 11.8 Å². The van der Waals surface area contributed by atoms with E-state index in [9.17, 15) is 4.79 Å². The third-order valence-corrected chi connectivity index (χ3v) is 3.61. The van der Waals surface area contributed by atoms with Crippen LogP contribution in [0.2, 0.25) is 4.34 Å². The van der Waals surface area contributed by atoms with E-state index >= 15 is 0 Å². The number of nitrogens with one attached hydrogen (secondary N) is 1. The molecule has 0 saturated carbocycles. The summed E-state index contributed by atoms with van der Waals surface area (Å²) in [6.07, 6.45) is 1.53. The minimum Gasteiger partial charge on any atom is -0.384 e. The number of aliphatic hydroxyl groups is 1. The molecule has 0 unspecified atom stereocenters. The number of hydrogen-bond donors (Lipinski definition) is 2. The molecule has 0 aliphatic carbocycles. The highest BCUT2D eigenvalue weighted by atomic mass is 35.5. The Labute approximate surface area is 125 Å². The van der Waals surface area contributed by atoms with Gasteiger partial charge in [-0.2, -0.15) is 0 Å². The van der Waals surface area contributed by atoms with Gasteiger partial charge in [0.1, 0.15) is 12.3 Å². The third kappa shape index (κ3) is 3.81. The molecule has 0 atom stereocenters. The number of hydrogen-bond acceptors (Lipinski definition) is 4. The van der Waals surface area contributed by atoms with Crippen molar-refractivity contribution in [2.24, 2.45) is 0 Å². The van der Waals surface area contributed by atoms with Gasteiger partial charge in [0, 0.05) is 11.1 Å². The Kier molecular flexibility index (Phi) is 5.13. The molecule has 6 heteroatoms. The molecule has 2 N–H and O–H groups in total. The molecule has 4 nitrogen and oxygen atoms in total. The van der Waals surface area contributed by atoms with Gasteiger partial charge in [-0.25, -0.2) is 4.98 Å². The lowest BCUT2D eigenvalue weighted by molar-refractivity contribution is 0.0946. The lowest BCUT2D eigenvalue weighted by Crippen LogP contribution is -2.24. The van der Waals surface area contributed by atoms with Crippen molar-refractivity contribution in [3.8, 4) is 11.8 Å². The summed E-state index contributed by atoms with van der Waals surface area (Å²) in [4.78, 5) is 17.1. The summed E-state index contributed by atoms with van der Waals surface area (Å²) in [7, 11) is 0. The van der Waals surface area contributed by atoms with Crippen LogP contribution in [0.3, 0.4) is 0 Å². The van der Waals surface area contributed by atoms with Crippen molar-refractivity contribution >= 4 is 28.8 Å². The van der Waals surface area contributed by atoms with Crippen molar-refractivity contribution < 1.29 is 9.90 Å². The first-order chi connectivity index (χ1) is 9.70. The maximum Gasteiger partial charge on any atom is 0.271 e. The normalized spacial score (nSPS) is 9.70. The van der Waals surface area contributed by atoms with Gasteiger partial charge in [0.2, 0.25) is 0 Å². The minimum atomic E-state index is -0.308. The van der Waals surface area contributed by atoms with Gasteiger partial charge >= 0.3 is 0 Å². The van der Waals surface area contributed by atoms with E-state index in [1.807, 2.05) is 6.07 Å². The summed E-state index contributed by atoms with van der Waals surface area (Å²) in [5, 5.41) is 11.5. The van der Waals surface area contributed by atoms with E-state index in [2.05, 4.69) is 22.1 Å². The Hall–Kier alpha value is -1.87. The number of amides is 1. The largest absolute Gasteiger partial charge is 0.384 e. The number of halogens is 1. The van der Waals surface area contributed by atoms with Crippen molar-refractivity contribution in [2.75, 3.05) is 6.61 Å². The van der Waals surface area contributed by atoms with Crippen LogP contribution in [-0.2, 0) is 6.54 Å². The van der Waals surface area contributed by atoms with E-state index < -0.39 is 0 Å². The number of rotatable bonds is 3. The Morgan fingerprint density at radius 1 is 1.45 bits per heavy atom. The van der Waals surface area contributed by atoms with Crippen molar-refractivity contribution in [2.45, 2.75) is 6.54 Å². The molecule has 2 aromatic heterocycles. The van der Waals surface area contributed by atoms with Gasteiger partial charge < -0.3 is 10.4 Å². The number of aromatic nitrogens is 1. The lowest BCUT2D eigenvalue weighted by Gasteiger charge is -2.04. The van der Waals surface area contributed by atoms with Crippen molar-refractivity contribution in [1.29, 1.82) is 0 Å². The quantitative estimate of drug-likeness (QED) is 0.853. The van der Waals surface area contributed by atoms with E-state index in [-0.39, 0.29) is 18.2 Å². The zero-order chi connectivity index (χ0) is 14.4. The third-order valence-electron chi connectivity index (χ3n) is 2.38. The van der Waals surface area contributed by atoms with E-state index in [4.69, 9.17) is 16.7 Å². The molecule has 2 rings (SSSR count). The lowest BCUT2D eigenvalue weighted by atomic mass is 10.2. The molecule has 0 spiro atoms. The average Bonchev–Trinajstić information content (AvgIpc) is 2.88. The van der Waals surface area contributed by atoms with E-state index in [0.717, 1.165) is 4.88 Å². The minimum absolute atomic E-state index is 0.246. The fraction of sp³-hybridized carbons (Fsp3) is 0.143. The maximum atomic E-state index is 12.1. The van der Waals surface area contributed by atoms with Gasteiger partial charge in [0.15, 0.2) is 0 Å². The molecule has 102 valence electrons. The fourth-order valence-electron chi connectivity index (χ4n) is 1.52. The van der Waals surface area contributed by atoms with Gasteiger partial charge in [0.05, 0.1) is 16.4 Å². The molecule has 20 heavy (non-hydrogen) atoms. The summed E-state index contributed by atoms with van der Waals surface area (Å²) < 4.78 is 0.682. The van der Waals surface area contributed by atoms with Gasteiger partial charge in [-0.1, -0.05) is 23.4 Å². The van der Waals surface area contributed by atoms with Crippen LogP contribution >= 0.6 is 22.9 Å². The number of carbonyl (C=O) groups excluding carboxylic acids is 1. The molecule has 0 radical (unpaired) electrons. The average molecular weight is 307 g/mol. The van der Waals surface area contributed by atoms with Crippen LogP contribution in [0.4, 0.5) is 0 Å². The number of pyridine rings is 1. The number of carbonyl (C=O) groups is 1. The molecule has 0 aromatic carbocycles. The van der Waals surface area contributed by atoms with E-state index in [1.54, 1.807) is 18.2 Å². The molecular weight excluding hydrogens is 296 g/mol.